The number of carbonyl (C=O) groups is 1. The lowest BCUT2D eigenvalue weighted by molar-refractivity contribution is -0.115. The normalized spacial score (nSPS) is 19.2. The monoisotopic (exact) mass is 279 g/mol. The van der Waals surface area contributed by atoms with Crippen molar-refractivity contribution in [1.82, 2.24) is 4.98 Å². The van der Waals surface area contributed by atoms with Crippen molar-refractivity contribution in [2.24, 2.45) is 0 Å². The van der Waals surface area contributed by atoms with Crippen LogP contribution < -0.4 is 11.1 Å². The maximum absolute atomic E-state index is 12.0. The minimum atomic E-state index is 0.0736. The molecule has 3 rings (SSSR count). The van der Waals surface area contributed by atoms with Crippen LogP contribution in [-0.4, -0.2) is 21.9 Å². The van der Waals surface area contributed by atoms with E-state index in [1.807, 2.05) is 18.2 Å². The lowest BCUT2D eigenvalue weighted by atomic mass is 10.2. The van der Waals surface area contributed by atoms with Crippen LogP contribution in [0.15, 0.2) is 18.2 Å². The predicted octanol–water partition coefficient (Wildman–Crippen LogP) is 2.71. The fraction of sp³-hybridized carbons (Fsp3) is 0.333. The first-order valence-electron chi connectivity index (χ1n) is 5.81. The second-order valence-electron chi connectivity index (χ2n) is 4.24. The molecule has 0 radical (unpaired) electrons. The van der Waals surface area contributed by atoms with Gasteiger partial charge >= 0.3 is 0 Å². The van der Waals surface area contributed by atoms with Crippen molar-refractivity contribution >= 4 is 50.0 Å². The van der Waals surface area contributed by atoms with Crippen LogP contribution in [0, 0.1) is 0 Å². The maximum atomic E-state index is 12.0. The molecule has 1 aromatic carbocycles. The van der Waals surface area contributed by atoms with Gasteiger partial charge in [-0.1, -0.05) is 11.3 Å². The van der Waals surface area contributed by atoms with E-state index < -0.39 is 0 Å². The van der Waals surface area contributed by atoms with Crippen molar-refractivity contribution in [2.75, 3.05) is 16.8 Å². The molecular weight excluding hydrogens is 266 g/mol. The third kappa shape index (κ3) is 2.30. The van der Waals surface area contributed by atoms with Gasteiger partial charge in [-0.2, -0.15) is 0 Å². The SMILES string of the molecule is Nc1ccc2nc(NC(=O)C3CCCS3)sc2c1. The van der Waals surface area contributed by atoms with E-state index in [0.29, 0.717) is 5.13 Å². The molecule has 1 amide bonds. The number of nitrogens with one attached hydrogen (secondary N) is 1. The first-order valence-corrected chi connectivity index (χ1v) is 7.67. The molecule has 4 nitrogen and oxygen atoms in total. The molecule has 1 atom stereocenters. The van der Waals surface area contributed by atoms with Gasteiger partial charge in [0, 0.05) is 5.69 Å². The molecule has 0 bridgehead atoms. The van der Waals surface area contributed by atoms with Crippen LogP contribution in [0.25, 0.3) is 10.2 Å². The Morgan fingerprint density at radius 1 is 1.50 bits per heavy atom. The molecule has 0 aliphatic carbocycles. The minimum absolute atomic E-state index is 0.0736. The zero-order chi connectivity index (χ0) is 12.5. The first kappa shape index (κ1) is 11.8. The van der Waals surface area contributed by atoms with Crippen LogP contribution in [-0.2, 0) is 4.79 Å². The standard InChI is InChI=1S/C12H13N3OS2/c13-7-3-4-8-10(6-7)18-12(14-8)15-11(16)9-2-1-5-17-9/h3-4,6,9H,1-2,5,13H2,(H,14,15,16). The van der Waals surface area contributed by atoms with Gasteiger partial charge in [-0.05, 0) is 36.8 Å². The number of thioether (sulfide) groups is 1. The van der Waals surface area contributed by atoms with E-state index in [1.165, 1.54) is 11.3 Å². The van der Waals surface area contributed by atoms with Crippen LogP contribution in [0.5, 0.6) is 0 Å². The van der Waals surface area contributed by atoms with E-state index >= 15 is 0 Å². The number of carbonyl (C=O) groups excluding carboxylic acids is 1. The van der Waals surface area contributed by atoms with Gasteiger partial charge in [0.1, 0.15) is 0 Å². The molecule has 1 fully saturated rings. The summed E-state index contributed by atoms with van der Waals surface area (Å²) in [5.41, 5.74) is 7.32. The summed E-state index contributed by atoms with van der Waals surface area (Å²) in [6.45, 7) is 0. The number of amides is 1. The molecule has 94 valence electrons. The van der Waals surface area contributed by atoms with Gasteiger partial charge in [-0.3, -0.25) is 4.79 Å². The fourth-order valence-electron chi connectivity index (χ4n) is 1.96. The molecular formula is C12H13N3OS2. The molecule has 1 aromatic heterocycles. The van der Waals surface area contributed by atoms with E-state index in [4.69, 9.17) is 5.73 Å². The number of hydrogen-bond donors (Lipinski definition) is 2. The van der Waals surface area contributed by atoms with Crippen molar-refractivity contribution in [1.29, 1.82) is 0 Å². The van der Waals surface area contributed by atoms with E-state index in [2.05, 4.69) is 10.3 Å². The number of fused-ring (bicyclic) bond motifs is 1. The number of aromatic nitrogens is 1. The van der Waals surface area contributed by atoms with Crippen LogP contribution in [0.1, 0.15) is 12.8 Å². The quantitative estimate of drug-likeness (QED) is 0.829. The highest BCUT2D eigenvalue weighted by Crippen LogP contribution is 2.30. The second-order valence-corrected chi connectivity index (χ2v) is 6.58. The molecule has 18 heavy (non-hydrogen) atoms. The number of hydrogen-bond acceptors (Lipinski definition) is 5. The Kier molecular flexibility index (Phi) is 3.13. The minimum Gasteiger partial charge on any atom is -0.399 e. The van der Waals surface area contributed by atoms with E-state index in [9.17, 15) is 4.79 Å². The molecule has 3 N–H and O–H groups in total. The largest absolute Gasteiger partial charge is 0.399 e. The average Bonchev–Trinajstić information content (AvgIpc) is 2.95. The fourth-order valence-corrected chi connectivity index (χ4v) is 4.04. The van der Waals surface area contributed by atoms with Gasteiger partial charge < -0.3 is 11.1 Å². The predicted molar refractivity (Wildman–Crippen MR) is 78.1 cm³/mol. The van der Waals surface area contributed by atoms with E-state index in [1.54, 1.807) is 11.8 Å². The summed E-state index contributed by atoms with van der Waals surface area (Å²) in [5, 5.41) is 3.65. The van der Waals surface area contributed by atoms with Gasteiger partial charge in [-0.15, -0.1) is 11.8 Å². The zero-order valence-electron chi connectivity index (χ0n) is 9.68. The van der Waals surface area contributed by atoms with Crippen molar-refractivity contribution in [3.8, 4) is 0 Å². The first-order chi connectivity index (χ1) is 8.72. The Labute approximate surface area is 113 Å². The molecule has 0 saturated carbocycles. The Bertz CT molecular complexity index is 590. The molecule has 1 aliphatic heterocycles. The van der Waals surface area contributed by atoms with Crippen LogP contribution in [0.3, 0.4) is 0 Å². The van der Waals surface area contributed by atoms with Crippen LogP contribution >= 0.6 is 23.1 Å². The average molecular weight is 279 g/mol. The summed E-state index contributed by atoms with van der Waals surface area (Å²) >= 11 is 3.19. The highest BCUT2D eigenvalue weighted by Gasteiger charge is 2.24. The lowest BCUT2D eigenvalue weighted by Crippen LogP contribution is -2.22. The van der Waals surface area contributed by atoms with Gasteiger partial charge in [0.2, 0.25) is 5.91 Å². The second kappa shape index (κ2) is 4.78. The smallest absolute Gasteiger partial charge is 0.239 e. The highest BCUT2D eigenvalue weighted by molar-refractivity contribution is 8.00. The van der Waals surface area contributed by atoms with Crippen LogP contribution in [0.2, 0.25) is 0 Å². The van der Waals surface area contributed by atoms with Crippen molar-refractivity contribution in [3.63, 3.8) is 0 Å². The summed E-state index contributed by atoms with van der Waals surface area (Å²) in [6, 6.07) is 5.58. The van der Waals surface area contributed by atoms with E-state index in [-0.39, 0.29) is 11.2 Å². The number of nitrogen functional groups attached to an aromatic ring is 1. The molecule has 2 aromatic rings. The Morgan fingerprint density at radius 3 is 3.17 bits per heavy atom. The third-order valence-electron chi connectivity index (χ3n) is 2.86. The number of nitrogens with zero attached hydrogens (tertiary/aromatic N) is 1. The summed E-state index contributed by atoms with van der Waals surface area (Å²) in [7, 11) is 0. The lowest BCUT2D eigenvalue weighted by Gasteiger charge is -2.06. The number of rotatable bonds is 2. The number of thiazole rings is 1. The van der Waals surface area contributed by atoms with Crippen molar-refractivity contribution in [2.45, 2.75) is 18.1 Å². The molecule has 1 unspecified atom stereocenters. The Morgan fingerprint density at radius 2 is 2.39 bits per heavy atom. The van der Waals surface area contributed by atoms with Crippen LogP contribution in [0.4, 0.5) is 10.8 Å². The number of benzene rings is 1. The molecule has 2 heterocycles. The Hall–Kier alpha value is -1.27. The third-order valence-corrected chi connectivity index (χ3v) is 5.17. The Balaban J connectivity index is 1.79. The van der Waals surface area contributed by atoms with Crippen molar-refractivity contribution < 1.29 is 4.79 Å². The molecule has 1 saturated heterocycles. The molecule has 0 spiro atoms. The van der Waals surface area contributed by atoms with Crippen molar-refractivity contribution in [3.05, 3.63) is 18.2 Å². The maximum Gasteiger partial charge on any atom is 0.239 e. The molecule has 1 aliphatic rings. The molecule has 6 heteroatoms. The topological polar surface area (TPSA) is 68.0 Å². The van der Waals surface area contributed by atoms with E-state index in [0.717, 1.165) is 34.5 Å². The summed E-state index contributed by atoms with van der Waals surface area (Å²) in [5.74, 6) is 1.15. The highest BCUT2D eigenvalue weighted by atomic mass is 32.2. The van der Waals surface area contributed by atoms with Gasteiger partial charge in [0.15, 0.2) is 5.13 Å². The van der Waals surface area contributed by atoms with Gasteiger partial charge in [0.05, 0.1) is 15.5 Å². The summed E-state index contributed by atoms with van der Waals surface area (Å²) in [4.78, 5) is 16.4. The zero-order valence-corrected chi connectivity index (χ0v) is 11.3. The summed E-state index contributed by atoms with van der Waals surface area (Å²) < 4.78 is 1.00. The number of nitrogens with two attached hydrogens (primary N) is 1. The van der Waals surface area contributed by atoms with Gasteiger partial charge in [0.25, 0.3) is 0 Å². The van der Waals surface area contributed by atoms with Gasteiger partial charge in [-0.25, -0.2) is 4.98 Å². The summed E-state index contributed by atoms with van der Waals surface area (Å²) in [6.07, 6.45) is 2.09. The number of anilines is 2.